The van der Waals surface area contributed by atoms with Crippen LogP contribution in [0.1, 0.15) is 0 Å². The van der Waals surface area contributed by atoms with E-state index in [4.69, 9.17) is 5.73 Å². The molecule has 0 aromatic carbocycles. The Balaban J connectivity index is 2.43. The van der Waals surface area contributed by atoms with Gasteiger partial charge in [-0.3, -0.25) is 0 Å². The Labute approximate surface area is 58.7 Å². The zero-order valence-corrected chi connectivity index (χ0v) is 5.49. The van der Waals surface area contributed by atoms with Gasteiger partial charge < -0.3 is 11.1 Å². The third-order valence-corrected chi connectivity index (χ3v) is 0.946. The van der Waals surface area contributed by atoms with Crippen LogP contribution in [-0.2, 0) is 0 Å². The molecule has 0 unspecified atom stereocenters. The lowest BCUT2D eigenvalue weighted by Gasteiger charge is -1.99. The average molecular weight is 139 g/mol. The third-order valence-electron chi connectivity index (χ3n) is 0.946. The summed E-state index contributed by atoms with van der Waals surface area (Å²) in [6, 6.07) is 0. The van der Waals surface area contributed by atoms with Gasteiger partial charge in [-0.05, 0) is 0 Å². The Bertz CT molecular complexity index is 175. The van der Waals surface area contributed by atoms with Crippen LogP contribution in [0.5, 0.6) is 0 Å². The molecular weight excluding hydrogens is 130 g/mol. The molecule has 10 heavy (non-hydrogen) atoms. The number of anilines is 1. The lowest BCUT2D eigenvalue weighted by molar-refractivity contribution is 0.945. The van der Waals surface area contributed by atoms with Gasteiger partial charge in [-0.1, -0.05) is 0 Å². The summed E-state index contributed by atoms with van der Waals surface area (Å²) in [5.74, 6) is 0.709. The first-order chi connectivity index (χ1) is 4.93. The van der Waals surface area contributed by atoms with E-state index in [9.17, 15) is 0 Å². The van der Waals surface area contributed by atoms with Crippen molar-refractivity contribution >= 4 is 5.82 Å². The van der Waals surface area contributed by atoms with Crippen molar-refractivity contribution < 1.29 is 0 Å². The van der Waals surface area contributed by atoms with Gasteiger partial charge in [0.25, 0.3) is 0 Å². The molecule has 0 amide bonds. The fraction of sp³-hybridized carbons (Fsp3) is 0.400. The number of rotatable bonds is 3. The first-order valence-electron chi connectivity index (χ1n) is 3.00. The predicted molar refractivity (Wildman–Crippen MR) is 37.4 cm³/mol. The van der Waals surface area contributed by atoms with Crippen LogP contribution in [0.25, 0.3) is 0 Å². The minimum Gasteiger partial charge on any atom is -0.367 e. The lowest BCUT2D eigenvalue weighted by Crippen LogP contribution is -2.13. The fourth-order valence-corrected chi connectivity index (χ4v) is 0.531. The maximum Gasteiger partial charge on any atom is 0.148 e. The molecule has 0 saturated heterocycles. The van der Waals surface area contributed by atoms with Crippen LogP contribution in [0.3, 0.4) is 0 Å². The van der Waals surface area contributed by atoms with Gasteiger partial charge in [0, 0.05) is 13.1 Å². The van der Waals surface area contributed by atoms with Crippen LogP contribution in [0, 0.1) is 0 Å². The molecule has 0 radical (unpaired) electrons. The SMILES string of the molecule is NCCNc1cnncn1. The molecule has 5 nitrogen and oxygen atoms in total. The van der Waals surface area contributed by atoms with E-state index in [0.29, 0.717) is 18.9 Å². The number of nitrogens with one attached hydrogen (secondary N) is 1. The van der Waals surface area contributed by atoms with E-state index in [1.807, 2.05) is 0 Å². The van der Waals surface area contributed by atoms with Gasteiger partial charge in [-0.2, -0.15) is 5.10 Å². The van der Waals surface area contributed by atoms with Gasteiger partial charge in [-0.15, -0.1) is 5.10 Å². The van der Waals surface area contributed by atoms with Crippen LogP contribution in [-0.4, -0.2) is 28.3 Å². The van der Waals surface area contributed by atoms with Gasteiger partial charge in [0.05, 0.1) is 6.20 Å². The van der Waals surface area contributed by atoms with E-state index in [2.05, 4.69) is 20.5 Å². The molecular formula is C5H9N5. The van der Waals surface area contributed by atoms with Crippen molar-refractivity contribution in [2.75, 3.05) is 18.4 Å². The third kappa shape index (κ3) is 1.94. The lowest BCUT2D eigenvalue weighted by atomic mass is 10.6. The molecule has 0 saturated carbocycles. The summed E-state index contributed by atoms with van der Waals surface area (Å²) < 4.78 is 0. The molecule has 1 heterocycles. The molecule has 0 aliphatic heterocycles. The van der Waals surface area contributed by atoms with Crippen molar-refractivity contribution in [2.24, 2.45) is 5.73 Å². The summed E-state index contributed by atoms with van der Waals surface area (Å²) in [6.07, 6.45) is 2.94. The van der Waals surface area contributed by atoms with Gasteiger partial charge in [0.15, 0.2) is 0 Å². The first kappa shape index (κ1) is 6.88. The van der Waals surface area contributed by atoms with Crippen molar-refractivity contribution in [1.82, 2.24) is 15.2 Å². The molecule has 0 atom stereocenters. The normalized spacial score (nSPS) is 9.30. The highest BCUT2D eigenvalue weighted by molar-refractivity contribution is 5.28. The van der Waals surface area contributed by atoms with E-state index in [1.54, 1.807) is 6.20 Å². The predicted octanol–water partition coefficient (Wildman–Crippen LogP) is -0.758. The molecule has 1 aromatic rings. The maximum atomic E-state index is 5.25. The highest BCUT2D eigenvalue weighted by atomic mass is 15.2. The van der Waals surface area contributed by atoms with Gasteiger partial charge in [-0.25, -0.2) is 4.98 Å². The minimum atomic E-state index is 0.587. The highest BCUT2D eigenvalue weighted by Gasteiger charge is 1.87. The molecule has 0 spiro atoms. The van der Waals surface area contributed by atoms with Crippen LogP contribution in [0.2, 0.25) is 0 Å². The Hall–Kier alpha value is -1.23. The van der Waals surface area contributed by atoms with Crippen molar-refractivity contribution in [3.63, 3.8) is 0 Å². The van der Waals surface area contributed by atoms with Crippen molar-refractivity contribution in [3.05, 3.63) is 12.5 Å². The summed E-state index contributed by atoms with van der Waals surface area (Å²) in [6.45, 7) is 1.29. The van der Waals surface area contributed by atoms with Gasteiger partial charge in [0.1, 0.15) is 12.1 Å². The van der Waals surface area contributed by atoms with Crippen LogP contribution < -0.4 is 11.1 Å². The summed E-state index contributed by atoms with van der Waals surface area (Å²) in [5.41, 5.74) is 5.25. The molecule has 3 N–H and O–H groups in total. The van der Waals surface area contributed by atoms with E-state index < -0.39 is 0 Å². The second-order valence-electron chi connectivity index (χ2n) is 1.71. The molecule has 1 rings (SSSR count). The van der Waals surface area contributed by atoms with E-state index in [1.165, 1.54) is 6.33 Å². The molecule has 0 fully saturated rings. The average Bonchev–Trinajstić information content (AvgIpc) is 2.03. The van der Waals surface area contributed by atoms with E-state index in [-0.39, 0.29) is 0 Å². The fourth-order valence-electron chi connectivity index (χ4n) is 0.531. The summed E-state index contributed by atoms with van der Waals surface area (Å²) >= 11 is 0. The van der Waals surface area contributed by atoms with Gasteiger partial charge in [0.2, 0.25) is 0 Å². The molecule has 54 valence electrons. The Morgan fingerprint density at radius 2 is 2.40 bits per heavy atom. The zero-order valence-electron chi connectivity index (χ0n) is 5.49. The van der Waals surface area contributed by atoms with Crippen LogP contribution in [0.4, 0.5) is 5.82 Å². The Morgan fingerprint density at radius 1 is 1.50 bits per heavy atom. The van der Waals surface area contributed by atoms with Gasteiger partial charge >= 0.3 is 0 Å². The number of hydrogen-bond acceptors (Lipinski definition) is 5. The number of nitrogens with zero attached hydrogens (tertiary/aromatic N) is 3. The summed E-state index contributed by atoms with van der Waals surface area (Å²) in [4.78, 5) is 3.88. The standard InChI is InChI=1S/C5H9N5/c6-1-2-7-5-3-9-10-4-8-5/h3-4H,1-2,6H2,(H,7,8,10). The maximum absolute atomic E-state index is 5.25. The van der Waals surface area contributed by atoms with Crippen molar-refractivity contribution in [3.8, 4) is 0 Å². The summed E-state index contributed by atoms with van der Waals surface area (Å²) in [5, 5.41) is 10.1. The van der Waals surface area contributed by atoms with Crippen LogP contribution >= 0.6 is 0 Å². The minimum absolute atomic E-state index is 0.587. The second-order valence-corrected chi connectivity index (χ2v) is 1.71. The topological polar surface area (TPSA) is 76.7 Å². The quantitative estimate of drug-likeness (QED) is 0.575. The number of aromatic nitrogens is 3. The van der Waals surface area contributed by atoms with E-state index in [0.717, 1.165) is 0 Å². The molecule has 1 aromatic heterocycles. The molecule has 5 heteroatoms. The largest absolute Gasteiger partial charge is 0.367 e. The Morgan fingerprint density at radius 3 is 3.00 bits per heavy atom. The molecule has 0 aliphatic rings. The Kier molecular flexibility index (Phi) is 2.57. The first-order valence-corrected chi connectivity index (χ1v) is 3.00. The van der Waals surface area contributed by atoms with Crippen LogP contribution in [0.15, 0.2) is 12.5 Å². The van der Waals surface area contributed by atoms with E-state index >= 15 is 0 Å². The van der Waals surface area contributed by atoms with Crippen molar-refractivity contribution in [1.29, 1.82) is 0 Å². The zero-order chi connectivity index (χ0) is 7.23. The number of nitrogens with two attached hydrogens (primary N) is 1. The smallest absolute Gasteiger partial charge is 0.148 e. The van der Waals surface area contributed by atoms with Crippen molar-refractivity contribution in [2.45, 2.75) is 0 Å². The second kappa shape index (κ2) is 3.73. The highest BCUT2D eigenvalue weighted by Crippen LogP contribution is 1.92. The molecule has 0 bridgehead atoms. The monoisotopic (exact) mass is 139 g/mol. The molecule has 0 aliphatic carbocycles. The number of hydrogen-bond donors (Lipinski definition) is 2. The summed E-state index contributed by atoms with van der Waals surface area (Å²) in [7, 11) is 0.